The summed E-state index contributed by atoms with van der Waals surface area (Å²) in [6.07, 6.45) is 0.0119. The fraction of sp³-hybridized carbons (Fsp3) is 0.176. The lowest BCUT2D eigenvalue weighted by Gasteiger charge is -2.12. The summed E-state index contributed by atoms with van der Waals surface area (Å²) in [4.78, 5) is 12.0. The molecule has 1 amide bonds. The highest BCUT2D eigenvalue weighted by molar-refractivity contribution is 5.86. The van der Waals surface area contributed by atoms with Crippen molar-refractivity contribution in [1.82, 2.24) is 10.5 Å². The third-order valence-corrected chi connectivity index (χ3v) is 3.58. The van der Waals surface area contributed by atoms with Crippen molar-refractivity contribution in [2.45, 2.75) is 12.5 Å². The predicted octanol–water partition coefficient (Wildman–Crippen LogP) is 2.75. The van der Waals surface area contributed by atoms with Gasteiger partial charge in [0.25, 0.3) is 0 Å². The SMILES string of the molecule is Cl.NC(CNC(=O)Cc1noc2ccc(F)cc12)c1ccccc1. The number of nitrogens with zero attached hydrogens (tertiary/aromatic N) is 1. The second-order valence-electron chi connectivity index (χ2n) is 5.27. The van der Waals surface area contributed by atoms with Gasteiger partial charge in [0, 0.05) is 18.0 Å². The second kappa shape index (κ2) is 7.90. The second-order valence-corrected chi connectivity index (χ2v) is 5.27. The zero-order valence-corrected chi connectivity index (χ0v) is 13.6. The highest BCUT2D eigenvalue weighted by Gasteiger charge is 2.14. The topological polar surface area (TPSA) is 81.1 Å². The van der Waals surface area contributed by atoms with Crippen LogP contribution >= 0.6 is 12.4 Å². The maximum atomic E-state index is 13.3. The molecule has 0 radical (unpaired) electrons. The summed E-state index contributed by atoms with van der Waals surface area (Å²) in [5, 5.41) is 7.09. The average molecular weight is 350 g/mol. The van der Waals surface area contributed by atoms with Crippen LogP contribution < -0.4 is 11.1 Å². The van der Waals surface area contributed by atoms with E-state index in [0.29, 0.717) is 23.2 Å². The minimum atomic E-state index is -0.395. The third kappa shape index (κ3) is 4.10. The molecule has 126 valence electrons. The summed E-state index contributed by atoms with van der Waals surface area (Å²) in [5.41, 5.74) is 7.84. The van der Waals surface area contributed by atoms with Crippen molar-refractivity contribution >= 4 is 29.3 Å². The minimum absolute atomic E-state index is 0. The lowest BCUT2D eigenvalue weighted by atomic mass is 10.1. The van der Waals surface area contributed by atoms with Gasteiger partial charge in [0.05, 0.1) is 6.42 Å². The number of benzene rings is 2. The van der Waals surface area contributed by atoms with Gasteiger partial charge in [0.15, 0.2) is 5.58 Å². The Morgan fingerprint density at radius 2 is 2.00 bits per heavy atom. The van der Waals surface area contributed by atoms with Crippen LogP contribution in [0.1, 0.15) is 17.3 Å². The number of nitrogens with one attached hydrogen (secondary N) is 1. The molecule has 3 aromatic rings. The summed E-state index contributed by atoms with van der Waals surface area (Å²) in [7, 11) is 0. The van der Waals surface area contributed by atoms with Crippen LogP contribution in [0.25, 0.3) is 11.0 Å². The standard InChI is InChI=1S/C17H16FN3O2.ClH/c18-12-6-7-16-13(8-12)15(21-23-16)9-17(22)20-10-14(19)11-4-2-1-3-5-11;/h1-8,14H,9-10,19H2,(H,20,22);1H. The normalized spacial score (nSPS) is 11.8. The monoisotopic (exact) mass is 349 g/mol. The summed E-state index contributed by atoms with van der Waals surface area (Å²) >= 11 is 0. The van der Waals surface area contributed by atoms with Crippen LogP contribution in [0.3, 0.4) is 0 Å². The average Bonchev–Trinajstić information content (AvgIpc) is 2.95. The Morgan fingerprint density at radius 3 is 2.75 bits per heavy atom. The van der Waals surface area contributed by atoms with Crippen molar-refractivity contribution in [3.63, 3.8) is 0 Å². The van der Waals surface area contributed by atoms with E-state index in [4.69, 9.17) is 10.3 Å². The van der Waals surface area contributed by atoms with Gasteiger partial charge >= 0.3 is 0 Å². The number of carbonyl (C=O) groups excluding carboxylic acids is 1. The number of hydrogen-bond donors (Lipinski definition) is 2. The van der Waals surface area contributed by atoms with Crippen molar-refractivity contribution in [2.75, 3.05) is 6.54 Å². The zero-order valence-electron chi connectivity index (χ0n) is 12.7. The van der Waals surface area contributed by atoms with Gasteiger partial charge in [-0.05, 0) is 23.8 Å². The first kappa shape index (κ1) is 17.9. The van der Waals surface area contributed by atoms with E-state index in [0.717, 1.165) is 5.56 Å². The Labute approximate surface area is 144 Å². The lowest BCUT2D eigenvalue weighted by molar-refractivity contribution is -0.120. The molecule has 1 aromatic heterocycles. The fourth-order valence-electron chi connectivity index (χ4n) is 2.34. The van der Waals surface area contributed by atoms with Crippen LogP contribution in [0.15, 0.2) is 53.1 Å². The van der Waals surface area contributed by atoms with E-state index in [1.54, 1.807) is 0 Å². The van der Waals surface area contributed by atoms with Gasteiger partial charge in [-0.25, -0.2) is 4.39 Å². The third-order valence-electron chi connectivity index (χ3n) is 3.58. The van der Waals surface area contributed by atoms with E-state index < -0.39 is 5.82 Å². The van der Waals surface area contributed by atoms with E-state index in [-0.39, 0.29) is 30.8 Å². The van der Waals surface area contributed by atoms with E-state index in [1.165, 1.54) is 18.2 Å². The van der Waals surface area contributed by atoms with Gasteiger partial charge in [0.2, 0.25) is 5.91 Å². The number of halogens is 2. The molecule has 0 aliphatic carbocycles. The van der Waals surface area contributed by atoms with E-state index in [9.17, 15) is 9.18 Å². The van der Waals surface area contributed by atoms with Crippen molar-refractivity contribution in [2.24, 2.45) is 5.73 Å². The number of rotatable bonds is 5. The Morgan fingerprint density at radius 1 is 1.25 bits per heavy atom. The molecule has 3 N–H and O–H groups in total. The first-order valence-corrected chi connectivity index (χ1v) is 7.24. The Hall–Kier alpha value is -2.44. The van der Waals surface area contributed by atoms with Crippen molar-refractivity contribution in [3.8, 4) is 0 Å². The first-order valence-electron chi connectivity index (χ1n) is 7.24. The molecule has 0 aliphatic heterocycles. The quantitative estimate of drug-likeness (QED) is 0.742. The first-order chi connectivity index (χ1) is 11.1. The molecule has 0 saturated heterocycles. The van der Waals surface area contributed by atoms with E-state index in [2.05, 4.69) is 10.5 Å². The molecule has 0 aliphatic rings. The number of carbonyl (C=O) groups is 1. The summed E-state index contributed by atoms with van der Waals surface area (Å²) in [6.45, 7) is 0.312. The van der Waals surface area contributed by atoms with Crippen LogP contribution in [0.2, 0.25) is 0 Å². The van der Waals surface area contributed by atoms with Crippen LogP contribution in [-0.4, -0.2) is 17.6 Å². The van der Waals surface area contributed by atoms with Crippen LogP contribution in [-0.2, 0) is 11.2 Å². The van der Waals surface area contributed by atoms with Crippen molar-refractivity contribution in [1.29, 1.82) is 0 Å². The van der Waals surface area contributed by atoms with Crippen molar-refractivity contribution < 1.29 is 13.7 Å². The molecule has 2 aromatic carbocycles. The molecule has 24 heavy (non-hydrogen) atoms. The molecule has 0 fully saturated rings. The zero-order chi connectivity index (χ0) is 16.2. The van der Waals surface area contributed by atoms with E-state index in [1.807, 2.05) is 30.3 Å². The van der Waals surface area contributed by atoms with Gasteiger partial charge in [-0.3, -0.25) is 4.79 Å². The van der Waals surface area contributed by atoms with Gasteiger partial charge in [-0.15, -0.1) is 12.4 Å². The Kier molecular flexibility index (Phi) is 5.89. The molecule has 1 atom stereocenters. The fourth-order valence-corrected chi connectivity index (χ4v) is 2.34. The highest BCUT2D eigenvalue weighted by Crippen LogP contribution is 2.20. The molecular weight excluding hydrogens is 333 g/mol. The molecule has 5 nitrogen and oxygen atoms in total. The Bertz CT molecular complexity index is 823. The summed E-state index contributed by atoms with van der Waals surface area (Å²) in [5.74, 6) is -0.635. The van der Waals surface area contributed by atoms with Crippen LogP contribution in [0, 0.1) is 5.82 Å². The molecule has 0 bridgehead atoms. The number of nitrogens with two attached hydrogens (primary N) is 1. The molecule has 3 rings (SSSR count). The number of amides is 1. The molecule has 7 heteroatoms. The number of aromatic nitrogens is 1. The van der Waals surface area contributed by atoms with E-state index >= 15 is 0 Å². The van der Waals surface area contributed by atoms with Gasteiger partial charge in [-0.2, -0.15) is 0 Å². The molecule has 1 heterocycles. The van der Waals surface area contributed by atoms with Crippen LogP contribution in [0.4, 0.5) is 4.39 Å². The maximum Gasteiger partial charge on any atom is 0.226 e. The largest absolute Gasteiger partial charge is 0.356 e. The van der Waals surface area contributed by atoms with Gasteiger partial charge in [-0.1, -0.05) is 35.5 Å². The van der Waals surface area contributed by atoms with Crippen molar-refractivity contribution in [3.05, 3.63) is 65.6 Å². The van der Waals surface area contributed by atoms with Crippen LogP contribution in [0.5, 0.6) is 0 Å². The maximum absolute atomic E-state index is 13.3. The smallest absolute Gasteiger partial charge is 0.226 e. The van der Waals surface area contributed by atoms with Gasteiger partial charge in [0.1, 0.15) is 11.5 Å². The Balaban J connectivity index is 0.00000208. The van der Waals surface area contributed by atoms with Gasteiger partial charge < -0.3 is 15.6 Å². The minimum Gasteiger partial charge on any atom is -0.356 e. The number of hydrogen-bond acceptors (Lipinski definition) is 4. The molecule has 1 unspecified atom stereocenters. The summed E-state index contributed by atoms with van der Waals surface area (Å²) in [6, 6.07) is 13.3. The molecule has 0 spiro atoms. The molecular formula is C17H17ClFN3O2. The number of fused-ring (bicyclic) bond motifs is 1. The highest BCUT2D eigenvalue weighted by atomic mass is 35.5. The lowest BCUT2D eigenvalue weighted by Crippen LogP contribution is -2.32. The summed E-state index contributed by atoms with van der Waals surface area (Å²) < 4.78 is 18.4. The predicted molar refractivity (Wildman–Crippen MR) is 91.3 cm³/mol. The molecule has 0 saturated carbocycles.